The highest BCUT2D eigenvalue weighted by molar-refractivity contribution is 6.01. The third-order valence-corrected chi connectivity index (χ3v) is 2.30. The molecule has 1 aliphatic heterocycles. The van der Waals surface area contributed by atoms with Crippen LogP contribution in [0.5, 0.6) is 0 Å². The molecule has 2 nitrogen and oxygen atoms in total. The van der Waals surface area contributed by atoms with E-state index in [0.29, 0.717) is 5.71 Å². The second-order valence-electron chi connectivity index (χ2n) is 3.65. The highest BCUT2D eigenvalue weighted by atomic mass is 19.4. The predicted octanol–water partition coefficient (Wildman–Crippen LogP) is 3.13. The lowest BCUT2D eigenvalue weighted by Gasteiger charge is -2.10. The van der Waals surface area contributed by atoms with Crippen LogP contribution in [0.25, 0.3) is 0 Å². The topological polar surface area (TPSA) is 21.6 Å². The van der Waals surface area contributed by atoms with E-state index in [0.717, 1.165) is 5.56 Å². The number of hydrogen-bond acceptors (Lipinski definition) is 2. The molecule has 1 atom stereocenters. The lowest BCUT2D eigenvalue weighted by molar-refractivity contribution is -0.157. The van der Waals surface area contributed by atoms with Crippen molar-refractivity contribution in [1.29, 1.82) is 0 Å². The summed E-state index contributed by atoms with van der Waals surface area (Å²) in [4.78, 5) is 4.76. The molecule has 0 aliphatic carbocycles. The Morgan fingerprint density at radius 1 is 1.25 bits per heavy atom. The van der Waals surface area contributed by atoms with Gasteiger partial charge >= 0.3 is 6.18 Å². The van der Waals surface area contributed by atoms with Crippen LogP contribution in [0, 0.1) is 0 Å². The summed E-state index contributed by atoms with van der Waals surface area (Å²) in [6.45, 7) is 0. The van der Waals surface area contributed by atoms with E-state index in [2.05, 4.69) is 5.16 Å². The molecule has 86 valence electrons. The molecule has 1 unspecified atom stereocenters. The Balaban J connectivity index is 1.98. The van der Waals surface area contributed by atoms with Gasteiger partial charge in [-0.15, -0.1) is 0 Å². The van der Waals surface area contributed by atoms with E-state index in [4.69, 9.17) is 4.84 Å². The third kappa shape index (κ3) is 2.74. The number of nitrogens with zero attached hydrogens (tertiary/aromatic N) is 1. The van der Waals surface area contributed by atoms with Gasteiger partial charge in [-0.1, -0.05) is 35.5 Å². The maximum absolute atomic E-state index is 12.1. The van der Waals surface area contributed by atoms with Crippen LogP contribution in [0.15, 0.2) is 35.5 Å². The van der Waals surface area contributed by atoms with Crippen molar-refractivity contribution in [3.63, 3.8) is 0 Å². The molecule has 1 aromatic rings. The van der Waals surface area contributed by atoms with Gasteiger partial charge in [0.1, 0.15) is 6.10 Å². The average Bonchev–Trinajstić information content (AvgIpc) is 2.65. The first kappa shape index (κ1) is 11.0. The van der Waals surface area contributed by atoms with Gasteiger partial charge in [-0.2, -0.15) is 13.2 Å². The largest absolute Gasteiger partial charge is 0.392 e. The monoisotopic (exact) mass is 229 g/mol. The zero-order chi connectivity index (χ0) is 11.6. The van der Waals surface area contributed by atoms with Gasteiger partial charge in [-0.25, -0.2) is 0 Å². The van der Waals surface area contributed by atoms with E-state index in [1.165, 1.54) is 0 Å². The van der Waals surface area contributed by atoms with Gasteiger partial charge in [0.05, 0.1) is 12.1 Å². The normalized spacial score (nSPS) is 20.4. The number of hydrogen-bond donors (Lipinski definition) is 0. The van der Waals surface area contributed by atoms with Crippen molar-refractivity contribution in [3.8, 4) is 0 Å². The number of alkyl halides is 3. The number of benzene rings is 1. The van der Waals surface area contributed by atoms with E-state index in [-0.39, 0.29) is 6.42 Å². The first-order valence-corrected chi connectivity index (χ1v) is 4.89. The van der Waals surface area contributed by atoms with Crippen LogP contribution in [0.2, 0.25) is 0 Å². The summed E-state index contributed by atoms with van der Waals surface area (Å²) in [5, 5.41) is 3.69. The van der Waals surface area contributed by atoms with Crippen LogP contribution < -0.4 is 0 Å². The van der Waals surface area contributed by atoms with Crippen molar-refractivity contribution in [2.75, 3.05) is 0 Å². The lowest BCUT2D eigenvalue weighted by atomic mass is 10.0. The fourth-order valence-electron chi connectivity index (χ4n) is 1.60. The van der Waals surface area contributed by atoms with Crippen LogP contribution in [-0.2, 0) is 4.84 Å². The number of oxime groups is 1. The van der Waals surface area contributed by atoms with Crippen LogP contribution >= 0.6 is 0 Å². The van der Waals surface area contributed by atoms with Crippen molar-refractivity contribution >= 4 is 5.71 Å². The fraction of sp³-hybridized carbons (Fsp3) is 0.364. The maximum atomic E-state index is 12.1. The Kier molecular flexibility index (Phi) is 2.85. The third-order valence-electron chi connectivity index (χ3n) is 2.30. The minimum absolute atomic E-state index is 0.212. The molecule has 0 amide bonds. The SMILES string of the molecule is FC(F)(F)CC1CC(c2ccccc2)=NO1. The van der Waals surface area contributed by atoms with Crippen LogP contribution in [0.1, 0.15) is 18.4 Å². The zero-order valence-corrected chi connectivity index (χ0v) is 8.37. The molecule has 16 heavy (non-hydrogen) atoms. The quantitative estimate of drug-likeness (QED) is 0.763. The molecule has 1 aliphatic rings. The molecule has 5 heteroatoms. The Bertz CT molecular complexity index is 386. The van der Waals surface area contributed by atoms with Gasteiger partial charge in [0.15, 0.2) is 0 Å². The molecule has 1 aromatic carbocycles. The minimum atomic E-state index is -4.20. The van der Waals surface area contributed by atoms with Crippen molar-refractivity contribution in [1.82, 2.24) is 0 Å². The standard InChI is InChI=1S/C11H10F3NO/c12-11(13,14)7-9-6-10(15-16-9)8-4-2-1-3-5-8/h1-5,9H,6-7H2. The Hall–Kier alpha value is -1.52. The fourth-order valence-corrected chi connectivity index (χ4v) is 1.60. The smallest absolute Gasteiger partial charge is 0.391 e. The van der Waals surface area contributed by atoms with E-state index in [9.17, 15) is 13.2 Å². The summed E-state index contributed by atoms with van der Waals surface area (Å²) in [6.07, 6.45) is -5.82. The van der Waals surface area contributed by atoms with Gasteiger partial charge in [-0.05, 0) is 5.56 Å². The Morgan fingerprint density at radius 3 is 2.56 bits per heavy atom. The molecular weight excluding hydrogens is 219 g/mol. The molecule has 0 spiro atoms. The van der Waals surface area contributed by atoms with Crippen LogP contribution in [-0.4, -0.2) is 18.0 Å². The van der Waals surface area contributed by atoms with Gasteiger partial charge < -0.3 is 4.84 Å². The molecule has 0 aromatic heterocycles. The van der Waals surface area contributed by atoms with E-state index in [1.807, 2.05) is 18.2 Å². The van der Waals surface area contributed by atoms with Crippen molar-refractivity contribution < 1.29 is 18.0 Å². The first-order valence-electron chi connectivity index (χ1n) is 4.89. The van der Waals surface area contributed by atoms with Gasteiger partial charge in [0, 0.05) is 6.42 Å². The zero-order valence-electron chi connectivity index (χ0n) is 8.37. The molecule has 0 saturated carbocycles. The first-order chi connectivity index (χ1) is 7.54. The minimum Gasteiger partial charge on any atom is -0.391 e. The van der Waals surface area contributed by atoms with Crippen LogP contribution in [0.4, 0.5) is 13.2 Å². The van der Waals surface area contributed by atoms with Crippen molar-refractivity contribution in [3.05, 3.63) is 35.9 Å². The second kappa shape index (κ2) is 4.15. The molecule has 0 N–H and O–H groups in total. The molecule has 0 bridgehead atoms. The van der Waals surface area contributed by atoms with E-state index < -0.39 is 18.7 Å². The molecule has 1 heterocycles. The van der Waals surface area contributed by atoms with Crippen molar-refractivity contribution in [2.24, 2.45) is 5.16 Å². The molecule has 0 saturated heterocycles. The van der Waals surface area contributed by atoms with Crippen molar-refractivity contribution in [2.45, 2.75) is 25.1 Å². The number of rotatable bonds is 2. The average molecular weight is 229 g/mol. The van der Waals surface area contributed by atoms with E-state index in [1.54, 1.807) is 12.1 Å². The maximum Gasteiger partial charge on any atom is 0.392 e. The Morgan fingerprint density at radius 2 is 1.94 bits per heavy atom. The summed E-state index contributed by atoms with van der Waals surface area (Å²) in [7, 11) is 0. The predicted molar refractivity (Wildman–Crippen MR) is 53.1 cm³/mol. The summed E-state index contributed by atoms with van der Waals surface area (Å²) < 4.78 is 36.3. The summed E-state index contributed by atoms with van der Waals surface area (Å²) in [5.74, 6) is 0. The second-order valence-corrected chi connectivity index (χ2v) is 3.65. The highest BCUT2D eigenvalue weighted by Crippen LogP contribution is 2.28. The summed E-state index contributed by atoms with van der Waals surface area (Å²) in [6, 6.07) is 9.08. The molecule has 0 fully saturated rings. The molecule has 2 rings (SSSR count). The van der Waals surface area contributed by atoms with Crippen LogP contribution in [0.3, 0.4) is 0 Å². The number of halogens is 3. The summed E-state index contributed by atoms with van der Waals surface area (Å²) in [5.41, 5.74) is 1.39. The molecule has 0 radical (unpaired) electrons. The van der Waals surface area contributed by atoms with Gasteiger partial charge in [-0.3, -0.25) is 0 Å². The van der Waals surface area contributed by atoms with Gasteiger partial charge in [0.25, 0.3) is 0 Å². The summed E-state index contributed by atoms with van der Waals surface area (Å²) >= 11 is 0. The lowest BCUT2D eigenvalue weighted by Crippen LogP contribution is -2.19. The van der Waals surface area contributed by atoms with Gasteiger partial charge in [0.2, 0.25) is 0 Å². The highest BCUT2D eigenvalue weighted by Gasteiger charge is 2.36. The van der Waals surface area contributed by atoms with E-state index >= 15 is 0 Å². The molecular formula is C11H10F3NO. The Labute approximate surface area is 90.7 Å².